The topological polar surface area (TPSA) is 69.7 Å². The van der Waals surface area contributed by atoms with Crippen molar-refractivity contribution in [2.45, 2.75) is 62.3 Å². The molecule has 8 heteroatoms. The predicted molar refractivity (Wildman–Crippen MR) is 126 cm³/mol. The number of hydrogen-bond donors (Lipinski definition) is 1. The lowest BCUT2D eigenvalue weighted by Crippen LogP contribution is -2.56. The average molecular weight is 466 g/mol. The molecule has 31 heavy (non-hydrogen) atoms. The van der Waals surface area contributed by atoms with Gasteiger partial charge in [0.2, 0.25) is 10.0 Å². The van der Waals surface area contributed by atoms with E-state index in [2.05, 4.69) is 10.2 Å². The van der Waals surface area contributed by atoms with Gasteiger partial charge in [-0.2, -0.15) is 16.1 Å². The molecule has 2 aliphatic heterocycles. The predicted octanol–water partition coefficient (Wildman–Crippen LogP) is 3.26. The number of thioether (sulfide) groups is 1. The van der Waals surface area contributed by atoms with Crippen LogP contribution in [-0.2, 0) is 10.0 Å². The van der Waals surface area contributed by atoms with Crippen molar-refractivity contribution in [2.24, 2.45) is 0 Å². The number of amides is 1. The number of carbonyl (C=O) groups is 1. The normalized spacial score (nSPS) is 23.0. The molecule has 1 aliphatic carbocycles. The highest BCUT2D eigenvalue weighted by Gasteiger charge is 2.40. The number of piperidine rings is 1. The number of nitrogens with zero attached hydrogens (tertiary/aromatic N) is 2. The summed E-state index contributed by atoms with van der Waals surface area (Å²) < 4.78 is 27.7. The number of sulfonamides is 1. The molecule has 1 amide bonds. The van der Waals surface area contributed by atoms with E-state index in [1.807, 2.05) is 18.7 Å². The van der Waals surface area contributed by atoms with Gasteiger partial charge in [0.15, 0.2) is 0 Å². The van der Waals surface area contributed by atoms with Gasteiger partial charge < -0.3 is 5.32 Å². The van der Waals surface area contributed by atoms with Gasteiger partial charge in [0, 0.05) is 55.3 Å². The van der Waals surface area contributed by atoms with Gasteiger partial charge in [0.1, 0.15) is 0 Å². The standard InChI is InChI=1S/C23H35N3O3S2/c1-19-7-8-20(31(28,29)26-11-5-2-6-12-26)17-21(19)22(27)24-18-23(9-3-4-10-23)25-13-15-30-16-14-25/h7-8,17H,2-6,9-16,18H2,1H3,(H,24,27). The number of rotatable bonds is 6. The van der Waals surface area contributed by atoms with Crippen LogP contribution in [0, 0.1) is 6.92 Å². The molecule has 0 atom stereocenters. The molecule has 172 valence electrons. The summed E-state index contributed by atoms with van der Waals surface area (Å²) in [4.78, 5) is 16.0. The van der Waals surface area contributed by atoms with E-state index < -0.39 is 10.0 Å². The Kier molecular flexibility index (Phi) is 7.30. The van der Waals surface area contributed by atoms with Gasteiger partial charge in [-0.05, 0) is 50.3 Å². The Morgan fingerprint density at radius 1 is 1.03 bits per heavy atom. The molecule has 1 aromatic carbocycles. The third kappa shape index (κ3) is 4.97. The van der Waals surface area contributed by atoms with E-state index in [1.54, 1.807) is 22.5 Å². The maximum Gasteiger partial charge on any atom is 0.251 e. The van der Waals surface area contributed by atoms with Gasteiger partial charge >= 0.3 is 0 Å². The highest BCUT2D eigenvalue weighted by molar-refractivity contribution is 7.99. The summed E-state index contributed by atoms with van der Waals surface area (Å²) in [5.41, 5.74) is 1.34. The fourth-order valence-electron chi connectivity index (χ4n) is 5.28. The molecule has 3 aliphatic rings. The molecular weight excluding hydrogens is 430 g/mol. The molecule has 3 fully saturated rings. The number of benzene rings is 1. The van der Waals surface area contributed by atoms with E-state index in [1.165, 1.54) is 12.8 Å². The minimum atomic E-state index is -3.55. The van der Waals surface area contributed by atoms with Gasteiger partial charge in [-0.1, -0.05) is 25.3 Å². The first-order valence-corrected chi connectivity index (χ1v) is 14.2. The lowest BCUT2D eigenvalue weighted by Gasteiger charge is -2.43. The number of aryl methyl sites for hydroxylation is 1. The highest BCUT2D eigenvalue weighted by atomic mass is 32.2. The van der Waals surface area contributed by atoms with Crippen molar-refractivity contribution in [3.63, 3.8) is 0 Å². The van der Waals surface area contributed by atoms with Crippen molar-refractivity contribution in [1.82, 2.24) is 14.5 Å². The Bertz CT molecular complexity index is 885. The lowest BCUT2D eigenvalue weighted by molar-refractivity contribution is 0.0817. The molecule has 1 N–H and O–H groups in total. The van der Waals surface area contributed by atoms with Crippen LogP contribution >= 0.6 is 11.8 Å². The summed E-state index contributed by atoms with van der Waals surface area (Å²) in [5, 5.41) is 3.18. The average Bonchev–Trinajstić information content (AvgIpc) is 3.29. The number of carbonyl (C=O) groups excluding carboxylic acids is 1. The quantitative estimate of drug-likeness (QED) is 0.698. The Hall–Kier alpha value is -1.09. The zero-order valence-corrected chi connectivity index (χ0v) is 20.2. The minimum Gasteiger partial charge on any atom is -0.350 e. The summed E-state index contributed by atoms with van der Waals surface area (Å²) in [7, 11) is -3.55. The van der Waals surface area contributed by atoms with E-state index in [0.29, 0.717) is 25.2 Å². The van der Waals surface area contributed by atoms with Crippen LogP contribution in [0.3, 0.4) is 0 Å². The van der Waals surface area contributed by atoms with Crippen LogP contribution in [0.2, 0.25) is 0 Å². The summed E-state index contributed by atoms with van der Waals surface area (Å²) in [5.74, 6) is 2.15. The van der Waals surface area contributed by atoms with Crippen LogP contribution in [0.4, 0.5) is 0 Å². The van der Waals surface area contributed by atoms with Crippen LogP contribution in [0.1, 0.15) is 60.9 Å². The van der Waals surface area contributed by atoms with Crippen LogP contribution in [0.15, 0.2) is 23.1 Å². The molecule has 1 aromatic rings. The van der Waals surface area contributed by atoms with Crippen LogP contribution < -0.4 is 5.32 Å². The Morgan fingerprint density at radius 3 is 2.39 bits per heavy atom. The maximum atomic E-state index is 13.2. The monoisotopic (exact) mass is 465 g/mol. The van der Waals surface area contributed by atoms with Crippen molar-refractivity contribution in [3.05, 3.63) is 29.3 Å². The van der Waals surface area contributed by atoms with E-state index in [9.17, 15) is 13.2 Å². The zero-order valence-electron chi connectivity index (χ0n) is 18.6. The first kappa shape index (κ1) is 23.1. The number of hydrogen-bond acceptors (Lipinski definition) is 5. The fraction of sp³-hybridized carbons (Fsp3) is 0.696. The van der Waals surface area contributed by atoms with Crippen molar-refractivity contribution in [1.29, 1.82) is 0 Å². The third-order valence-corrected chi connectivity index (χ3v) is 10.0. The maximum absolute atomic E-state index is 13.2. The van der Waals surface area contributed by atoms with Gasteiger partial charge in [-0.3, -0.25) is 9.69 Å². The van der Waals surface area contributed by atoms with Crippen molar-refractivity contribution >= 4 is 27.7 Å². The lowest BCUT2D eigenvalue weighted by atomic mass is 9.94. The molecule has 6 nitrogen and oxygen atoms in total. The van der Waals surface area contributed by atoms with Gasteiger partial charge in [0.05, 0.1) is 4.90 Å². The van der Waals surface area contributed by atoms with Gasteiger partial charge in [-0.15, -0.1) is 0 Å². The fourth-order valence-corrected chi connectivity index (χ4v) is 7.72. The second kappa shape index (κ2) is 9.81. The second-order valence-corrected chi connectivity index (χ2v) is 12.3. The Labute approximate surface area is 191 Å². The third-order valence-electron chi connectivity index (χ3n) is 7.20. The van der Waals surface area contributed by atoms with Crippen LogP contribution in [0.5, 0.6) is 0 Å². The second-order valence-electron chi connectivity index (χ2n) is 9.16. The Balaban J connectivity index is 1.49. The number of nitrogens with one attached hydrogen (secondary N) is 1. The first-order chi connectivity index (χ1) is 14.9. The molecule has 0 bridgehead atoms. The van der Waals surface area contributed by atoms with E-state index in [4.69, 9.17) is 0 Å². The van der Waals surface area contributed by atoms with Crippen molar-refractivity contribution in [3.8, 4) is 0 Å². The first-order valence-electron chi connectivity index (χ1n) is 11.6. The molecule has 2 heterocycles. The molecule has 1 saturated carbocycles. The molecular formula is C23H35N3O3S2. The largest absolute Gasteiger partial charge is 0.350 e. The van der Waals surface area contributed by atoms with E-state index in [-0.39, 0.29) is 16.3 Å². The molecule has 0 unspecified atom stereocenters. The minimum absolute atomic E-state index is 0.0576. The smallest absolute Gasteiger partial charge is 0.251 e. The summed E-state index contributed by atoms with van der Waals surface area (Å²) in [6.07, 6.45) is 7.54. The van der Waals surface area contributed by atoms with E-state index >= 15 is 0 Å². The van der Waals surface area contributed by atoms with Gasteiger partial charge in [0.25, 0.3) is 5.91 Å². The van der Waals surface area contributed by atoms with Crippen LogP contribution in [0.25, 0.3) is 0 Å². The molecule has 0 aromatic heterocycles. The summed E-state index contributed by atoms with van der Waals surface area (Å²) in [6.45, 7) is 5.81. The Morgan fingerprint density at radius 2 is 1.71 bits per heavy atom. The van der Waals surface area contributed by atoms with Crippen LogP contribution in [-0.4, -0.2) is 73.3 Å². The van der Waals surface area contributed by atoms with Crippen molar-refractivity contribution < 1.29 is 13.2 Å². The summed E-state index contributed by atoms with van der Waals surface area (Å²) in [6, 6.07) is 4.98. The zero-order chi connectivity index (χ0) is 21.9. The van der Waals surface area contributed by atoms with Gasteiger partial charge in [-0.25, -0.2) is 8.42 Å². The molecule has 4 rings (SSSR count). The van der Waals surface area contributed by atoms with E-state index in [0.717, 1.165) is 62.3 Å². The molecule has 0 spiro atoms. The molecule has 2 saturated heterocycles. The highest BCUT2D eigenvalue weighted by Crippen LogP contribution is 2.36. The molecule has 0 radical (unpaired) electrons. The summed E-state index contributed by atoms with van der Waals surface area (Å²) >= 11 is 2.01. The SMILES string of the molecule is Cc1ccc(S(=O)(=O)N2CCCCC2)cc1C(=O)NCC1(N2CCSCC2)CCCC1. The van der Waals surface area contributed by atoms with Crippen molar-refractivity contribution in [2.75, 3.05) is 44.2 Å².